The number of hydrazine groups is 1. The number of hydrogen-bond acceptors (Lipinski definition) is 2. The topological polar surface area (TPSA) is 38.0 Å². The summed E-state index contributed by atoms with van der Waals surface area (Å²) in [5.41, 5.74) is 3.82. The summed E-state index contributed by atoms with van der Waals surface area (Å²) in [5, 5.41) is 0. The SMILES string of the molecule is C/C=C(/C)CNN. The molecule has 0 aliphatic rings. The van der Waals surface area contributed by atoms with Gasteiger partial charge in [0.15, 0.2) is 0 Å². The minimum atomic E-state index is 0.788. The van der Waals surface area contributed by atoms with Crippen molar-refractivity contribution in [3.8, 4) is 0 Å². The van der Waals surface area contributed by atoms with Crippen LogP contribution in [-0.4, -0.2) is 6.54 Å². The lowest BCUT2D eigenvalue weighted by Gasteiger charge is -1.93. The molecule has 0 aliphatic heterocycles. The van der Waals surface area contributed by atoms with E-state index in [0.717, 1.165) is 6.54 Å². The van der Waals surface area contributed by atoms with Crippen molar-refractivity contribution in [3.63, 3.8) is 0 Å². The van der Waals surface area contributed by atoms with Crippen LogP contribution in [0, 0.1) is 0 Å². The fourth-order valence-corrected chi connectivity index (χ4v) is 0.263. The van der Waals surface area contributed by atoms with Crippen molar-refractivity contribution >= 4 is 0 Å². The number of rotatable bonds is 2. The highest BCUT2D eigenvalue weighted by Gasteiger charge is 1.78. The van der Waals surface area contributed by atoms with Crippen molar-refractivity contribution in [1.29, 1.82) is 0 Å². The van der Waals surface area contributed by atoms with E-state index < -0.39 is 0 Å². The third-order valence-corrected chi connectivity index (χ3v) is 0.874. The molecule has 2 heteroatoms. The first-order valence-electron chi connectivity index (χ1n) is 2.36. The summed E-state index contributed by atoms with van der Waals surface area (Å²) in [6.45, 7) is 4.81. The molecule has 0 amide bonds. The second-order valence-corrected chi connectivity index (χ2v) is 1.52. The number of allylic oxidation sites excluding steroid dienone is 1. The summed E-state index contributed by atoms with van der Waals surface area (Å²) in [4.78, 5) is 0. The summed E-state index contributed by atoms with van der Waals surface area (Å²) in [6, 6.07) is 0. The minimum Gasteiger partial charge on any atom is -0.271 e. The van der Waals surface area contributed by atoms with E-state index in [1.165, 1.54) is 5.57 Å². The zero-order chi connectivity index (χ0) is 5.70. The molecular formula is C5H12N2. The average molecular weight is 100 g/mol. The van der Waals surface area contributed by atoms with E-state index >= 15 is 0 Å². The molecule has 0 unspecified atom stereocenters. The summed E-state index contributed by atoms with van der Waals surface area (Å²) >= 11 is 0. The molecule has 0 heterocycles. The van der Waals surface area contributed by atoms with Crippen LogP contribution in [0.3, 0.4) is 0 Å². The van der Waals surface area contributed by atoms with Crippen molar-refractivity contribution in [1.82, 2.24) is 5.43 Å². The fraction of sp³-hybridized carbons (Fsp3) is 0.600. The van der Waals surface area contributed by atoms with Crippen LogP contribution in [0.15, 0.2) is 11.6 Å². The highest BCUT2D eigenvalue weighted by Crippen LogP contribution is 1.84. The Labute approximate surface area is 44.4 Å². The van der Waals surface area contributed by atoms with Crippen molar-refractivity contribution in [2.24, 2.45) is 5.84 Å². The van der Waals surface area contributed by atoms with Gasteiger partial charge in [0, 0.05) is 6.54 Å². The largest absolute Gasteiger partial charge is 0.271 e. The van der Waals surface area contributed by atoms with E-state index in [1.54, 1.807) is 0 Å². The Bertz CT molecular complexity index is 66.5. The van der Waals surface area contributed by atoms with E-state index in [0.29, 0.717) is 0 Å². The zero-order valence-electron chi connectivity index (χ0n) is 4.86. The molecule has 0 aromatic heterocycles. The van der Waals surface area contributed by atoms with Crippen LogP contribution in [-0.2, 0) is 0 Å². The molecular weight excluding hydrogens is 88.1 g/mol. The molecule has 0 saturated heterocycles. The maximum atomic E-state index is 5.01. The quantitative estimate of drug-likeness (QED) is 0.300. The molecule has 0 aromatic rings. The second-order valence-electron chi connectivity index (χ2n) is 1.52. The second kappa shape index (κ2) is 3.84. The molecule has 3 N–H and O–H groups in total. The molecule has 0 radical (unpaired) electrons. The lowest BCUT2D eigenvalue weighted by atomic mass is 10.3. The van der Waals surface area contributed by atoms with E-state index in [1.807, 2.05) is 19.9 Å². The summed E-state index contributed by atoms with van der Waals surface area (Å²) in [5.74, 6) is 5.01. The minimum absolute atomic E-state index is 0.788. The molecule has 0 atom stereocenters. The predicted molar refractivity (Wildman–Crippen MR) is 31.6 cm³/mol. The van der Waals surface area contributed by atoms with Gasteiger partial charge in [0.1, 0.15) is 0 Å². The van der Waals surface area contributed by atoms with E-state index in [9.17, 15) is 0 Å². The fourth-order valence-electron chi connectivity index (χ4n) is 0.263. The van der Waals surface area contributed by atoms with Crippen molar-refractivity contribution in [2.45, 2.75) is 13.8 Å². The van der Waals surface area contributed by atoms with Gasteiger partial charge in [0.2, 0.25) is 0 Å². The van der Waals surface area contributed by atoms with Crippen LogP contribution in [0.4, 0.5) is 0 Å². The highest BCUT2D eigenvalue weighted by molar-refractivity contribution is 4.96. The Morgan fingerprint density at radius 1 is 1.86 bits per heavy atom. The van der Waals surface area contributed by atoms with Gasteiger partial charge in [-0.2, -0.15) is 0 Å². The first-order valence-corrected chi connectivity index (χ1v) is 2.36. The Kier molecular flexibility index (Phi) is 3.65. The molecule has 0 saturated carbocycles. The van der Waals surface area contributed by atoms with Gasteiger partial charge in [-0.3, -0.25) is 11.3 Å². The number of nitrogens with two attached hydrogens (primary N) is 1. The molecule has 42 valence electrons. The molecule has 0 aliphatic carbocycles. The lowest BCUT2D eigenvalue weighted by Crippen LogP contribution is -2.23. The van der Waals surface area contributed by atoms with Crippen LogP contribution in [0.1, 0.15) is 13.8 Å². The van der Waals surface area contributed by atoms with Crippen molar-refractivity contribution in [3.05, 3.63) is 11.6 Å². The van der Waals surface area contributed by atoms with Gasteiger partial charge < -0.3 is 0 Å². The summed E-state index contributed by atoms with van der Waals surface area (Å²) in [7, 11) is 0. The third-order valence-electron chi connectivity index (χ3n) is 0.874. The molecule has 0 bridgehead atoms. The highest BCUT2D eigenvalue weighted by atomic mass is 15.2. The zero-order valence-corrected chi connectivity index (χ0v) is 4.86. The first kappa shape index (κ1) is 6.66. The van der Waals surface area contributed by atoms with E-state index in [-0.39, 0.29) is 0 Å². The Morgan fingerprint density at radius 2 is 2.43 bits per heavy atom. The van der Waals surface area contributed by atoms with Gasteiger partial charge >= 0.3 is 0 Å². The normalized spacial score (nSPS) is 12.1. The first-order chi connectivity index (χ1) is 3.31. The molecule has 0 spiro atoms. The van der Waals surface area contributed by atoms with E-state index in [2.05, 4.69) is 5.43 Å². The average Bonchev–Trinajstić information content (AvgIpc) is 1.68. The molecule has 0 rings (SSSR count). The van der Waals surface area contributed by atoms with Crippen LogP contribution in [0.2, 0.25) is 0 Å². The van der Waals surface area contributed by atoms with Crippen LogP contribution in [0.5, 0.6) is 0 Å². The Balaban J connectivity index is 3.17. The van der Waals surface area contributed by atoms with Gasteiger partial charge in [-0.15, -0.1) is 0 Å². The molecule has 7 heavy (non-hydrogen) atoms. The van der Waals surface area contributed by atoms with Gasteiger partial charge in [0.25, 0.3) is 0 Å². The Morgan fingerprint density at radius 3 is 2.57 bits per heavy atom. The van der Waals surface area contributed by atoms with Crippen LogP contribution >= 0.6 is 0 Å². The maximum Gasteiger partial charge on any atom is 0.0305 e. The monoisotopic (exact) mass is 100 g/mol. The maximum absolute atomic E-state index is 5.01. The summed E-state index contributed by atoms with van der Waals surface area (Å²) < 4.78 is 0. The standard InChI is InChI=1S/C5H12N2/c1-3-5(2)4-7-6/h3,7H,4,6H2,1-2H3/b5-3-. The summed E-state index contributed by atoms with van der Waals surface area (Å²) in [6.07, 6.45) is 2.03. The lowest BCUT2D eigenvalue weighted by molar-refractivity contribution is 0.795. The molecule has 0 fully saturated rings. The van der Waals surface area contributed by atoms with Crippen molar-refractivity contribution in [2.75, 3.05) is 6.54 Å². The van der Waals surface area contributed by atoms with Crippen LogP contribution < -0.4 is 11.3 Å². The van der Waals surface area contributed by atoms with Gasteiger partial charge in [-0.05, 0) is 13.8 Å². The molecule has 0 aromatic carbocycles. The number of hydrogen-bond donors (Lipinski definition) is 2. The Hall–Kier alpha value is -0.340. The number of nitrogens with one attached hydrogen (secondary N) is 1. The third kappa shape index (κ3) is 3.49. The van der Waals surface area contributed by atoms with E-state index in [4.69, 9.17) is 5.84 Å². The molecule has 2 nitrogen and oxygen atoms in total. The van der Waals surface area contributed by atoms with Crippen LogP contribution in [0.25, 0.3) is 0 Å². The van der Waals surface area contributed by atoms with Gasteiger partial charge in [-0.1, -0.05) is 11.6 Å². The van der Waals surface area contributed by atoms with Crippen molar-refractivity contribution < 1.29 is 0 Å². The predicted octanol–water partition coefficient (Wildman–Crippen LogP) is 0.416. The van der Waals surface area contributed by atoms with Gasteiger partial charge in [-0.25, -0.2) is 0 Å². The van der Waals surface area contributed by atoms with Gasteiger partial charge in [0.05, 0.1) is 0 Å². The smallest absolute Gasteiger partial charge is 0.0305 e.